The van der Waals surface area contributed by atoms with Gasteiger partial charge in [0.2, 0.25) is 0 Å². The van der Waals surface area contributed by atoms with Crippen LogP contribution in [0.5, 0.6) is 5.75 Å². The van der Waals surface area contributed by atoms with Crippen LogP contribution in [0.1, 0.15) is 22.4 Å². The standard InChI is InChI=1S/C17H23FN4OS/c1-5-19-17(21-10-16-20-9-12(2)24-16)22(3)11-13-6-7-15(23-4)14(18)8-13/h6-9H,5,10-11H2,1-4H3,(H,19,21). The third-order valence-corrected chi connectivity index (χ3v) is 4.26. The third-order valence-electron chi connectivity index (χ3n) is 3.37. The first kappa shape index (κ1) is 18.2. The molecule has 5 nitrogen and oxygen atoms in total. The summed E-state index contributed by atoms with van der Waals surface area (Å²) in [6.45, 7) is 5.88. The van der Waals surface area contributed by atoms with E-state index in [1.54, 1.807) is 17.4 Å². The molecule has 0 saturated carbocycles. The van der Waals surface area contributed by atoms with E-state index in [1.165, 1.54) is 18.1 Å². The van der Waals surface area contributed by atoms with Crippen molar-refractivity contribution < 1.29 is 9.13 Å². The average Bonchev–Trinajstić information content (AvgIpc) is 2.97. The van der Waals surface area contributed by atoms with Gasteiger partial charge in [0, 0.05) is 31.2 Å². The first-order chi connectivity index (χ1) is 11.5. The van der Waals surface area contributed by atoms with E-state index in [2.05, 4.69) is 15.3 Å². The van der Waals surface area contributed by atoms with E-state index in [9.17, 15) is 4.39 Å². The molecule has 0 bridgehead atoms. The second-order valence-corrected chi connectivity index (χ2v) is 6.68. The number of hydrogen-bond acceptors (Lipinski definition) is 4. The van der Waals surface area contributed by atoms with Crippen LogP contribution in [-0.2, 0) is 13.1 Å². The van der Waals surface area contributed by atoms with Crippen LogP contribution in [0.15, 0.2) is 29.4 Å². The number of methoxy groups -OCH3 is 1. The molecule has 1 aromatic heterocycles. The SMILES string of the molecule is CCNC(=NCc1ncc(C)s1)N(C)Cc1ccc(OC)c(F)c1. The molecule has 0 radical (unpaired) electrons. The lowest BCUT2D eigenvalue weighted by atomic mass is 10.2. The molecule has 1 heterocycles. The van der Waals surface area contributed by atoms with Crippen LogP contribution >= 0.6 is 11.3 Å². The average molecular weight is 350 g/mol. The van der Waals surface area contributed by atoms with Gasteiger partial charge in [0.05, 0.1) is 13.7 Å². The van der Waals surface area contributed by atoms with Gasteiger partial charge in [0.1, 0.15) is 5.01 Å². The van der Waals surface area contributed by atoms with Crippen LogP contribution in [0.2, 0.25) is 0 Å². The van der Waals surface area contributed by atoms with Crippen LogP contribution < -0.4 is 10.1 Å². The first-order valence-corrected chi connectivity index (χ1v) is 8.58. The molecule has 130 valence electrons. The van der Waals surface area contributed by atoms with Gasteiger partial charge in [-0.25, -0.2) is 14.4 Å². The van der Waals surface area contributed by atoms with E-state index in [0.29, 0.717) is 13.1 Å². The van der Waals surface area contributed by atoms with Crippen LogP contribution in [0.4, 0.5) is 4.39 Å². The normalized spacial score (nSPS) is 11.5. The molecule has 24 heavy (non-hydrogen) atoms. The number of aryl methyl sites for hydroxylation is 1. The van der Waals surface area contributed by atoms with E-state index < -0.39 is 0 Å². The van der Waals surface area contributed by atoms with Gasteiger partial charge in [0.25, 0.3) is 0 Å². The number of ether oxygens (including phenoxy) is 1. The van der Waals surface area contributed by atoms with Crippen LogP contribution in [0, 0.1) is 12.7 Å². The predicted molar refractivity (Wildman–Crippen MR) is 96.1 cm³/mol. The fourth-order valence-electron chi connectivity index (χ4n) is 2.24. The molecular formula is C17H23FN4OS. The molecule has 0 amide bonds. The highest BCUT2D eigenvalue weighted by atomic mass is 32.1. The van der Waals surface area contributed by atoms with Gasteiger partial charge in [-0.05, 0) is 31.5 Å². The molecule has 7 heteroatoms. The molecule has 0 atom stereocenters. The highest BCUT2D eigenvalue weighted by Crippen LogP contribution is 2.18. The van der Waals surface area contributed by atoms with Crippen molar-refractivity contribution >= 4 is 17.3 Å². The number of thiazole rings is 1. The van der Waals surface area contributed by atoms with E-state index in [-0.39, 0.29) is 11.6 Å². The minimum absolute atomic E-state index is 0.251. The maximum Gasteiger partial charge on any atom is 0.194 e. The minimum atomic E-state index is -0.358. The topological polar surface area (TPSA) is 49.8 Å². The molecule has 0 aliphatic heterocycles. The molecule has 0 spiro atoms. The lowest BCUT2D eigenvalue weighted by molar-refractivity contribution is 0.385. The van der Waals surface area contributed by atoms with Crippen molar-refractivity contribution in [1.29, 1.82) is 0 Å². The molecule has 0 aliphatic carbocycles. The Labute approximate surface area is 146 Å². The number of aliphatic imine (C=N–C) groups is 1. The third kappa shape index (κ3) is 4.92. The number of guanidine groups is 1. The smallest absolute Gasteiger partial charge is 0.194 e. The lowest BCUT2D eigenvalue weighted by Crippen LogP contribution is -2.38. The molecule has 0 aliphatic rings. The quantitative estimate of drug-likeness (QED) is 0.642. The van der Waals surface area contributed by atoms with Crippen molar-refractivity contribution in [2.24, 2.45) is 4.99 Å². The van der Waals surface area contributed by atoms with Crippen LogP contribution in [-0.4, -0.2) is 36.5 Å². The fraction of sp³-hybridized carbons (Fsp3) is 0.412. The Morgan fingerprint density at radius 3 is 2.83 bits per heavy atom. The summed E-state index contributed by atoms with van der Waals surface area (Å²) < 4.78 is 18.8. The number of halogens is 1. The molecule has 0 saturated heterocycles. The summed E-state index contributed by atoms with van der Waals surface area (Å²) >= 11 is 1.64. The molecule has 1 aromatic carbocycles. The van der Waals surface area contributed by atoms with Gasteiger partial charge in [0.15, 0.2) is 17.5 Å². The number of rotatable bonds is 6. The Kier molecular flexibility index (Phi) is 6.54. The van der Waals surface area contributed by atoms with Gasteiger partial charge in [-0.3, -0.25) is 0 Å². The summed E-state index contributed by atoms with van der Waals surface area (Å²) in [5.74, 6) is 0.659. The van der Waals surface area contributed by atoms with Crippen molar-refractivity contribution in [3.05, 3.63) is 45.7 Å². The van der Waals surface area contributed by atoms with Gasteiger partial charge in [-0.2, -0.15) is 0 Å². The second-order valence-electron chi connectivity index (χ2n) is 5.36. The van der Waals surface area contributed by atoms with E-state index in [1.807, 2.05) is 38.1 Å². The number of aromatic nitrogens is 1. The zero-order valence-corrected chi connectivity index (χ0v) is 15.3. The molecule has 0 unspecified atom stereocenters. The second kappa shape index (κ2) is 8.63. The number of nitrogens with zero attached hydrogens (tertiary/aromatic N) is 3. The zero-order valence-electron chi connectivity index (χ0n) is 14.5. The Morgan fingerprint density at radius 1 is 1.46 bits per heavy atom. The maximum atomic E-state index is 13.8. The molecule has 0 fully saturated rings. The Morgan fingerprint density at radius 2 is 2.25 bits per heavy atom. The summed E-state index contributed by atoms with van der Waals surface area (Å²) in [6, 6.07) is 4.98. The maximum absolute atomic E-state index is 13.8. The summed E-state index contributed by atoms with van der Waals surface area (Å²) in [5.41, 5.74) is 0.853. The fourth-order valence-corrected chi connectivity index (χ4v) is 2.96. The summed E-state index contributed by atoms with van der Waals surface area (Å²) in [4.78, 5) is 12.1. The van der Waals surface area contributed by atoms with Gasteiger partial charge in [-0.15, -0.1) is 11.3 Å². The minimum Gasteiger partial charge on any atom is -0.494 e. The highest BCUT2D eigenvalue weighted by Gasteiger charge is 2.09. The molecule has 2 rings (SSSR count). The first-order valence-electron chi connectivity index (χ1n) is 7.76. The Balaban J connectivity index is 2.07. The lowest BCUT2D eigenvalue weighted by Gasteiger charge is -2.22. The van der Waals surface area contributed by atoms with Crippen molar-refractivity contribution in [2.45, 2.75) is 26.9 Å². The summed E-state index contributed by atoms with van der Waals surface area (Å²) in [7, 11) is 3.39. The van der Waals surface area contributed by atoms with Crippen molar-refractivity contribution in [3.8, 4) is 5.75 Å². The molecular weight excluding hydrogens is 327 g/mol. The molecule has 1 N–H and O–H groups in total. The molecule has 2 aromatic rings. The van der Waals surface area contributed by atoms with E-state index in [0.717, 1.165) is 23.1 Å². The van der Waals surface area contributed by atoms with E-state index in [4.69, 9.17) is 4.74 Å². The number of hydrogen-bond donors (Lipinski definition) is 1. The number of nitrogens with one attached hydrogen (secondary N) is 1. The summed E-state index contributed by atoms with van der Waals surface area (Å²) in [6.07, 6.45) is 1.85. The van der Waals surface area contributed by atoms with Crippen molar-refractivity contribution in [1.82, 2.24) is 15.2 Å². The van der Waals surface area contributed by atoms with Gasteiger partial charge >= 0.3 is 0 Å². The summed E-state index contributed by atoms with van der Waals surface area (Å²) in [5, 5.41) is 4.23. The highest BCUT2D eigenvalue weighted by molar-refractivity contribution is 7.11. The zero-order chi connectivity index (χ0) is 17.5. The van der Waals surface area contributed by atoms with E-state index >= 15 is 0 Å². The monoisotopic (exact) mass is 350 g/mol. The Bertz CT molecular complexity index is 702. The van der Waals surface area contributed by atoms with Gasteiger partial charge in [-0.1, -0.05) is 6.07 Å². The Hall–Kier alpha value is -2.15. The number of benzene rings is 1. The van der Waals surface area contributed by atoms with Crippen LogP contribution in [0.25, 0.3) is 0 Å². The van der Waals surface area contributed by atoms with Crippen LogP contribution in [0.3, 0.4) is 0 Å². The largest absolute Gasteiger partial charge is 0.494 e. The predicted octanol–water partition coefficient (Wildman–Crippen LogP) is 3.20. The van der Waals surface area contributed by atoms with Crippen molar-refractivity contribution in [3.63, 3.8) is 0 Å². The van der Waals surface area contributed by atoms with Gasteiger partial charge < -0.3 is 15.0 Å². The van der Waals surface area contributed by atoms with Crippen molar-refractivity contribution in [2.75, 3.05) is 20.7 Å².